The zero-order chi connectivity index (χ0) is 14.7. The minimum Gasteiger partial charge on any atom is -0.369 e. The number of nitrogens with one attached hydrogen (secondary N) is 2. The van der Waals surface area contributed by atoms with Crippen LogP contribution >= 0.6 is 0 Å². The van der Waals surface area contributed by atoms with Crippen LogP contribution < -0.4 is 10.6 Å². The molecule has 0 bridgehead atoms. The predicted molar refractivity (Wildman–Crippen MR) is 69.8 cm³/mol. The van der Waals surface area contributed by atoms with E-state index in [1.54, 1.807) is 13.0 Å². The lowest BCUT2D eigenvalue weighted by Crippen LogP contribution is -2.58. The molecule has 0 aromatic carbocycles. The Hall–Kier alpha value is -2.51. The van der Waals surface area contributed by atoms with Gasteiger partial charge in [-0.3, -0.25) is 19.7 Å². The molecule has 0 saturated carbocycles. The summed E-state index contributed by atoms with van der Waals surface area (Å²) in [4.78, 5) is 36.3. The highest BCUT2D eigenvalue weighted by molar-refractivity contribution is 6.06. The second kappa shape index (κ2) is 5.64. The zero-order valence-corrected chi connectivity index (χ0v) is 11.2. The van der Waals surface area contributed by atoms with Crippen molar-refractivity contribution >= 4 is 23.5 Å². The number of hydrogen-bond donors (Lipinski definition) is 2. The number of hydrogen-bond acceptors (Lipinski definition) is 6. The van der Waals surface area contributed by atoms with Crippen LogP contribution in [0.3, 0.4) is 0 Å². The summed E-state index contributed by atoms with van der Waals surface area (Å²) in [7, 11) is 0. The Morgan fingerprint density at radius 2 is 2.20 bits per heavy atom. The SMILES string of the molecule is CCNc1ccc(C(=O)N2CC(=O)NC(=O)C2C)nn1. The fourth-order valence-electron chi connectivity index (χ4n) is 1.83. The van der Waals surface area contributed by atoms with E-state index in [1.165, 1.54) is 11.0 Å². The van der Waals surface area contributed by atoms with Crippen LogP contribution in [0.4, 0.5) is 5.82 Å². The predicted octanol–water partition coefficient (Wildman–Crippen LogP) is -0.604. The van der Waals surface area contributed by atoms with Crippen molar-refractivity contribution in [2.45, 2.75) is 19.9 Å². The number of rotatable bonds is 3. The van der Waals surface area contributed by atoms with Gasteiger partial charge >= 0.3 is 0 Å². The maximum Gasteiger partial charge on any atom is 0.275 e. The van der Waals surface area contributed by atoms with Crippen molar-refractivity contribution in [3.8, 4) is 0 Å². The van der Waals surface area contributed by atoms with Gasteiger partial charge in [-0.25, -0.2) is 0 Å². The van der Waals surface area contributed by atoms with Gasteiger partial charge in [0, 0.05) is 6.54 Å². The third-order valence-corrected chi connectivity index (χ3v) is 2.93. The zero-order valence-electron chi connectivity index (χ0n) is 11.2. The Labute approximate surface area is 115 Å². The fourth-order valence-corrected chi connectivity index (χ4v) is 1.83. The summed E-state index contributed by atoms with van der Waals surface area (Å²) in [5.41, 5.74) is 0.0982. The van der Waals surface area contributed by atoms with E-state index in [0.717, 1.165) is 0 Å². The van der Waals surface area contributed by atoms with Crippen LogP contribution in [0.1, 0.15) is 24.3 Å². The van der Waals surface area contributed by atoms with E-state index < -0.39 is 23.8 Å². The van der Waals surface area contributed by atoms with Crippen LogP contribution in [-0.2, 0) is 9.59 Å². The number of anilines is 1. The maximum absolute atomic E-state index is 12.2. The number of piperazine rings is 1. The van der Waals surface area contributed by atoms with Crippen molar-refractivity contribution in [1.29, 1.82) is 0 Å². The van der Waals surface area contributed by atoms with Gasteiger partial charge in [0.15, 0.2) is 5.69 Å². The molecule has 1 aromatic rings. The smallest absolute Gasteiger partial charge is 0.275 e. The summed E-state index contributed by atoms with van der Waals surface area (Å²) in [5, 5.41) is 12.8. The molecular weight excluding hydrogens is 262 g/mol. The normalized spacial score (nSPS) is 18.7. The molecule has 0 spiro atoms. The number of aromatic nitrogens is 2. The summed E-state index contributed by atoms with van der Waals surface area (Å²) in [5.74, 6) is -0.925. The molecule has 2 rings (SSSR count). The molecule has 3 amide bonds. The molecule has 106 valence electrons. The van der Waals surface area contributed by atoms with Crippen LogP contribution in [0.25, 0.3) is 0 Å². The second-order valence-corrected chi connectivity index (χ2v) is 4.36. The lowest BCUT2D eigenvalue weighted by atomic mass is 10.2. The Morgan fingerprint density at radius 1 is 1.45 bits per heavy atom. The fraction of sp³-hybridized carbons (Fsp3) is 0.417. The summed E-state index contributed by atoms with van der Waals surface area (Å²) >= 11 is 0. The van der Waals surface area contributed by atoms with Gasteiger partial charge < -0.3 is 10.2 Å². The standard InChI is InChI=1S/C12H15N5O3/c1-3-13-9-5-4-8(15-16-9)12(20)17-6-10(18)14-11(19)7(17)2/h4-5,7H,3,6H2,1-2H3,(H,13,16)(H,14,18,19). The van der Waals surface area contributed by atoms with Gasteiger partial charge in [-0.15, -0.1) is 10.2 Å². The lowest BCUT2D eigenvalue weighted by molar-refractivity contribution is -0.138. The first kappa shape index (κ1) is 13.9. The molecule has 8 heteroatoms. The van der Waals surface area contributed by atoms with E-state index in [0.29, 0.717) is 12.4 Å². The molecule has 2 N–H and O–H groups in total. The molecule has 1 aromatic heterocycles. The molecule has 0 radical (unpaired) electrons. The molecular formula is C12H15N5O3. The van der Waals surface area contributed by atoms with Crippen LogP contribution in [0.5, 0.6) is 0 Å². The van der Waals surface area contributed by atoms with Gasteiger partial charge in [-0.05, 0) is 26.0 Å². The van der Waals surface area contributed by atoms with Crippen LogP contribution in [0, 0.1) is 0 Å². The minimum atomic E-state index is -0.713. The molecule has 1 fully saturated rings. The topological polar surface area (TPSA) is 104 Å². The molecule has 1 aliphatic rings. The number of carbonyl (C=O) groups excluding carboxylic acids is 3. The van der Waals surface area contributed by atoms with E-state index in [9.17, 15) is 14.4 Å². The van der Waals surface area contributed by atoms with Crippen LogP contribution in [-0.4, -0.2) is 52.0 Å². The highest BCUT2D eigenvalue weighted by Crippen LogP contribution is 2.10. The van der Waals surface area contributed by atoms with E-state index >= 15 is 0 Å². The van der Waals surface area contributed by atoms with Crippen LogP contribution in [0.2, 0.25) is 0 Å². The summed E-state index contributed by atoms with van der Waals surface area (Å²) in [6.45, 7) is 4.00. The Morgan fingerprint density at radius 3 is 2.80 bits per heavy atom. The van der Waals surface area contributed by atoms with Gasteiger partial charge in [-0.1, -0.05) is 0 Å². The first-order chi connectivity index (χ1) is 9.52. The molecule has 1 atom stereocenters. The first-order valence-corrected chi connectivity index (χ1v) is 6.25. The Kier molecular flexibility index (Phi) is 3.92. The number of imide groups is 1. The van der Waals surface area contributed by atoms with Crippen molar-refractivity contribution in [3.05, 3.63) is 17.8 Å². The highest BCUT2D eigenvalue weighted by Gasteiger charge is 2.34. The van der Waals surface area contributed by atoms with Crippen molar-refractivity contribution in [1.82, 2.24) is 20.4 Å². The summed E-state index contributed by atoms with van der Waals surface area (Å²) < 4.78 is 0. The van der Waals surface area contributed by atoms with E-state index in [4.69, 9.17) is 0 Å². The second-order valence-electron chi connectivity index (χ2n) is 4.36. The number of carbonyl (C=O) groups is 3. The molecule has 20 heavy (non-hydrogen) atoms. The van der Waals surface area contributed by atoms with Gasteiger partial charge in [0.25, 0.3) is 5.91 Å². The van der Waals surface area contributed by atoms with Gasteiger partial charge in [-0.2, -0.15) is 0 Å². The van der Waals surface area contributed by atoms with Crippen molar-refractivity contribution < 1.29 is 14.4 Å². The summed E-state index contributed by atoms with van der Waals surface area (Å²) in [6.07, 6.45) is 0. The van der Waals surface area contributed by atoms with Gasteiger partial charge in [0.1, 0.15) is 18.4 Å². The van der Waals surface area contributed by atoms with E-state index in [-0.39, 0.29) is 12.2 Å². The average molecular weight is 277 g/mol. The molecule has 8 nitrogen and oxygen atoms in total. The number of amides is 3. The van der Waals surface area contributed by atoms with E-state index in [2.05, 4.69) is 20.8 Å². The molecule has 1 saturated heterocycles. The van der Waals surface area contributed by atoms with Crippen molar-refractivity contribution in [2.75, 3.05) is 18.4 Å². The third kappa shape index (κ3) is 2.73. The monoisotopic (exact) mass is 277 g/mol. The quantitative estimate of drug-likeness (QED) is 0.715. The molecule has 1 unspecified atom stereocenters. The van der Waals surface area contributed by atoms with E-state index in [1.807, 2.05) is 6.92 Å². The molecule has 1 aliphatic heterocycles. The largest absolute Gasteiger partial charge is 0.369 e. The Balaban J connectivity index is 2.17. The Bertz CT molecular complexity index is 543. The first-order valence-electron chi connectivity index (χ1n) is 6.25. The minimum absolute atomic E-state index is 0.0982. The third-order valence-electron chi connectivity index (χ3n) is 2.93. The maximum atomic E-state index is 12.2. The summed E-state index contributed by atoms with van der Waals surface area (Å²) in [6, 6.07) is 2.42. The molecule has 0 aliphatic carbocycles. The number of nitrogens with zero attached hydrogens (tertiary/aromatic N) is 3. The van der Waals surface area contributed by atoms with Crippen molar-refractivity contribution in [3.63, 3.8) is 0 Å². The highest BCUT2D eigenvalue weighted by atomic mass is 16.2. The lowest BCUT2D eigenvalue weighted by Gasteiger charge is -2.31. The van der Waals surface area contributed by atoms with Crippen LogP contribution in [0.15, 0.2) is 12.1 Å². The molecule has 2 heterocycles. The van der Waals surface area contributed by atoms with Gasteiger partial charge in [0.2, 0.25) is 11.8 Å². The average Bonchev–Trinajstić information content (AvgIpc) is 2.43. The van der Waals surface area contributed by atoms with Gasteiger partial charge in [0.05, 0.1) is 0 Å². The van der Waals surface area contributed by atoms with Crippen molar-refractivity contribution in [2.24, 2.45) is 0 Å².